The van der Waals surface area contributed by atoms with E-state index in [1.54, 1.807) is 14.2 Å². The molecule has 0 bridgehead atoms. The molecule has 0 saturated carbocycles. The van der Waals surface area contributed by atoms with Crippen molar-refractivity contribution < 1.29 is 9.47 Å². The molecule has 1 aromatic carbocycles. The summed E-state index contributed by atoms with van der Waals surface area (Å²) in [5, 5.41) is 6.87. The normalized spacial score (nSPS) is 10.3. The Morgan fingerprint density at radius 2 is 2.06 bits per heavy atom. The number of aromatic nitrogens is 2. The van der Waals surface area contributed by atoms with Crippen LogP contribution in [0.5, 0.6) is 11.5 Å². The van der Waals surface area contributed by atoms with Crippen molar-refractivity contribution in [3.8, 4) is 22.8 Å². The van der Waals surface area contributed by atoms with Gasteiger partial charge in [-0.05, 0) is 40.8 Å². The van der Waals surface area contributed by atoms with E-state index in [1.165, 1.54) is 0 Å². The fourth-order valence-electron chi connectivity index (χ4n) is 1.53. The lowest BCUT2D eigenvalue weighted by Gasteiger charge is -2.09. The molecule has 90 valence electrons. The molecule has 0 radical (unpaired) electrons. The predicted octanol–water partition coefficient (Wildman–Crippen LogP) is 2.28. The molecule has 0 unspecified atom stereocenters. The highest BCUT2D eigenvalue weighted by Crippen LogP contribution is 2.35. The third-order valence-electron chi connectivity index (χ3n) is 2.41. The molecule has 0 atom stereocenters. The number of ether oxygens (including phenoxy) is 2. The van der Waals surface area contributed by atoms with Crippen LogP contribution >= 0.6 is 22.6 Å². The van der Waals surface area contributed by atoms with Crippen molar-refractivity contribution in [3.05, 3.63) is 21.8 Å². The number of halogens is 1. The maximum Gasteiger partial charge on any atom is 0.159 e. The maximum atomic E-state index is 5.72. The van der Waals surface area contributed by atoms with Crippen molar-refractivity contribution in [1.29, 1.82) is 0 Å². The van der Waals surface area contributed by atoms with Crippen LogP contribution in [0, 0.1) is 3.57 Å². The maximum absolute atomic E-state index is 5.72. The standard InChI is InChI=1S/C11H12IN3O2/c1-16-6-3-4-8(17-2)7(5-6)10-9(12)11(13)15-14-10/h3-5H,1-2H3,(H3,13,14,15). The number of anilines is 1. The average Bonchev–Trinajstić information content (AvgIpc) is 2.69. The highest BCUT2D eigenvalue weighted by Gasteiger charge is 2.15. The lowest BCUT2D eigenvalue weighted by atomic mass is 10.1. The van der Waals surface area contributed by atoms with Gasteiger partial charge < -0.3 is 15.2 Å². The average molecular weight is 345 g/mol. The number of methoxy groups -OCH3 is 2. The monoisotopic (exact) mass is 345 g/mol. The van der Waals surface area contributed by atoms with E-state index in [2.05, 4.69) is 32.8 Å². The predicted molar refractivity (Wildman–Crippen MR) is 74.3 cm³/mol. The minimum absolute atomic E-state index is 0.477. The largest absolute Gasteiger partial charge is 0.497 e. The molecule has 0 saturated heterocycles. The fraction of sp³-hybridized carbons (Fsp3) is 0.182. The van der Waals surface area contributed by atoms with Crippen LogP contribution in [0.1, 0.15) is 0 Å². The Morgan fingerprint density at radius 1 is 1.29 bits per heavy atom. The Labute approximate surface area is 112 Å². The molecule has 2 aromatic rings. The van der Waals surface area contributed by atoms with E-state index in [9.17, 15) is 0 Å². The van der Waals surface area contributed by atoms with E-state index in [0.29, 0.717) is 5.82 Å². The summed E-state index contributed by atoms with van der Waals surface area (Å²) in [6, 6.07) is 5.57. The van der Waals surface area contributed by atoms with Gasteiger partial charge in [0.1, 0.15) is 11.5 Å². The fourth-order valence-corrected chi connectivity index (χ4v) is 2.06. The van der Waals surface area contributed by atoms with Crippen molar-refractivity contribution in [2.45, 2.75) is 0 Å². The first-order chi connectivity index (χ1) is 8.17. The third kappa shape index (κ3) is 2.17. The second kappa shape index (κ2) is 4.82. The Hall–Kier alpha value is -1.44. The molecular weight excluding hydrogens is 333 g/mol. The van der Waals surface area contributed by atoms with Gasteiger partial charge in [-0.3, -0.25) is 5.10 Å². The lowest BCUT2D eigenvalue weighted by Crippen LogP contribution is -1.92. The SMILES string of the molecule is COc1ccc(OC)c(-c2[nH]nc(N)c2I)c1. The number of hydrogen-bond acceptors (Lipinski definition) is 4. The van der Waals surface area contributed by atoms with Crippen LogP contribution in [-0.2, 0) is 0 Å². The molecule has 0 aliphatic rings. The zero-order valence-electron chi connectivity index (χ0n) is 9.45. The molecule has 5 nitrogen and oxygen atoms in total. The van der Waals surface area contributed by atoms with Gasteiger partial charge in [-0.15, -0.1) is 0 Å². The second-order valence-corrected chi connectivity index (χ2v) is 4.44. The molecule has 2 rings (SSSR count). The molecule has 6 heteroatoms. The minimum Gasteiger partial charge on any atom is -0.497 e. The van der Waals surface area contributed by atoms with Gasteiger partial charge in [0.2, 0.25) is 0 Å². The number of nitrogens with one attached hydrogen (secondary N) is 1. The molecular formula is C11H12IN3O2. The van der Waals surface area contributed by atoms with Gasteiger partial charge in [0, 0.05) is 5.56 Å². The van der Waals surface area contributed by atoms with E-state index in [1.807, 2.05) is 18.2 Å². The molecule has 0 amide bonds. The number of H-pyrrole nitrogens is 1. The van der Waals surface area contributed by atoms with E-state index in [4.69, 9.17) is 15.2 Å². The van der Waals surface area contributed by atoms with E-state index >= 15 is 0 Å². The molecule has 0 fully saturated rings. The number of hydrogen-bond donors (Lipinski definition) is 2. The van der Waals surface area contributed by atoms with Crippen molar-refractivity contribution >= 4 is 28.4 Å². The minimum atomic E-state index is 0.477. The van der Waals surface area contributed by atoms with Crippen LogP contribution < -0.4 is 15.2 Å². The molecule has 0 aliphatic heterocycles. The van der Waals surface area contributed by atoms with E-state index < -0.39 is 0 Å². The van der Waals surface area contributed by atoms with Crippen LogP contribution in [0.3, 0.4) is 0 Å². The van der Waals surface area contributed by atoms with Gasteiger partial charge in [0.25, 0.3) is 0 Å². The van der Waals surface area contributed by atoms with Crippen molar-refractivity contribution in [1.82, 2.24) is 10.2 Å². The summed E-state index contributed by atoms with van der Waals surface area (Å²) >= 11 is 2.15. The summed E-state index contributed by atoms with van der Waals surface area (Å²) in [5.41, 5.74) is 7.43. The Balaban J connectivity index is 2.60. The van der Waals surface area contributed by atoms with Crippen LogP contribution in [0.4, 0.5) is 5.82 Å². The number of nitrogens with zero attached hydrogens (tertiary/aromatic N) is 1. The third-order valence-corrected chi connectivity index (χ3v) is 3.50. The Kier molecular flexibility index (Phi) is 3.41. The van der Waals surface area contributed by atoms with Crippen molar-refractivity contribution in [2.24, 2.45) is 0 Å². The summed E-state index contributed by atoms with van der Waals surface area (Å²) in [6.45, 7) is 0. The van der Waals surface area contributed by atoms with Crippen molar-refractivity contribution in [3.63, 3.8) is 0 Å². The molecule has 0 spiro atoms. The molecule has 17 heavy (non-hydrogen) atoms. The van der Waals surface area contributed by atoms with E-state index in [-0.39, 0.29) is 0 Å². The molecule has 0 aliphatic carbocycles. The molecule has 3 N–H and O–H groups in total. The number of rotatable bonds is 3. The summed E-state index contributed by atoms with van der Waals surface area (Å²) in [5.74, 6) is 1.97. The summed E-state index contributed by atoms with van der Waals surface area (Å²) < 4.78 is 11.4. The van der Waals surface area contributed by atoms with Gasteiger partial charge in [-0.1, -0.05) is 0 Å². The van der Waals surface area contributed by atoms with Crippen LogP contribution in [0.25, 0.3) is 11.3 Å². The highest BCUT2D eigenvalue weighted by atomic mass is 127. The smallest absolute Gasteiger partial charge is 0.159 e. The zero-order valence-corrected chi connectivity index (χ0v) is 11.6. The molecule has 1 aromatic heterocycles. The number of aromatic amines is 1. The van der Waals surface area contributed by atoms with Gasteiger partial charge in [-0.2, -0.15) is 5.10 Å². The first-order valence-electron chi connectivity index (χ1n) is 4.89. The second-order valence-electron chi connectivity index (χ2n) is 3.36. The lowest BCUT2D eigenvalue weighted by molar-refractivity contribution is 0.404. The quantitative estimate of drug-likeness (QED) is 0.838. The number of nitrogen functional groups attached to an aromatic ring is 1. The highest BCUT2D eigenvalue weighted by molar-refractivity contribution is 14.1. The van der Waals surface area contributed by atoms with Crippen LogP contribution in [0.2, 0.25) is 0 Å². The van der Waals surface area contributed by atoms with E-state index in [0.717, 1.165) is 26.3 Å². The first-order valence-corrected chi connectivity index (χ1v) is 5.97. The zero-order chi connectivity index (χ0) is 12.4. The van der Waals surface area contributed by atoms with Crippen LogP contribution in [0.15, 0.2) is 18.2 Å². The van der Waals surface area contributed by atoms with Crippen molar-refractivity contribution in [2.75, 3.05) is 20.0 Å². The van der Waals surface area contributed by atoms with Gasteiger partial charge in [0.05, 0.1) is 23.5 Å². The number of benzene rings is 1. The topological polar surface area (TPSA) is 73.2 Å². The number of nitrogens with two attached hydrogens (primary N) is 1. The summed E-state index contributed by atoms with van der Waals surface area (Å²) in [7, 11) is 3.25. The summed E-state index contributed by atoms with van der Waals surface area (Å²) in [4.78, 5) is 0. The summed E-state index contributed by atoms with van der Waals surface area (Å²) in [6.07, 6.45) is 0. The Bertz CT molecular complexity index is 540. The van der Waals surface area contributed by atoms with Crippen LogP contribution in [-0.4, -0.2) is 24.4 Å². The first kappa shape index (κ1) is 12.0. The molecule has 1 heterocycles. The Morgan fingerprint density at radius 3 is 2.59 bits per heavy atom. The van der Waals surface area contributed by atoms with Gasteiger partial charge in [-0.25, -0.2) is 0 Å². The van der Waals surface area contributed by atoms with Gasteiger partial charge in [0.15, 0.2) is 5.82 Å². The van der Waals surface area contributed by atoms with Gasteiger partial charge >= 0.3 is 0 Å².